The Bertz CT molecular complexity index is 1250. The number of fused-ring (bicyclic) bond motifs is 1. The standard InChI is InChI=1S/C25H27ClN6O/c1-33-15-14-27-22-11-5-10-21-23(24(31-32(21)22)17-6-4-7-18(26)16-17)20-12-13-28-25(30-20)29-19-8-2-3-9-19/h4-7,10-13,16,19,27H,2-3,8-9,14-15H2,1H3,(H,28,29,30). The second kappa shape index (κ2) is 9.77. The minimum absolute atomic E-state index is 0.438. The van der Waals surface area contributed by atoms with E-state index in [1.54, 1.807) is 7.11 Å². The topological polar surface area (TPSA) is 76.4 Å². The summed E-state index contributed by atoms with van der Waals surface area (Å²) in [6, 6.07) is 16.2. The summed E-state index contributed by atoms with van der Waals surface area (Å²) in [6.07, 6.45) is 6.64. The number of rotatable bonds is 8. The van der Waals surface area contributed by atoms with Crippen molar-refractivity contribution in [1.29, 1.82) is 0 Å². The van der Waals surface area contributed by atoms with Crippen molar-refractivity contribution in [3.8, 4) is 22.5 Å². The van der Waals surface area contributed by atoms with Crippen molar-refractivity contribution in [3.63, 3.8) is 0 Å². The van der Waals surface area contributed by atoms with E-state index in [4.69, 9.17) is 26.4 Å². The van der Waals surface area contributed by atoms with Gasteiger partial charge in [-0.05, 0) is 43.2 Å². The van der Waals surface area contributed by atoms with E-state index >= 15 is 0 Å². The average molecular weight is 463 g/mol. The van der Waals surface area contributed by atoms with Gasteiger partial charge in [-0.1, -0.05) is 42.6 Å². The second-order valence-corrected chi connectivity index (χ2v) is 8.69. The summed E-state index contributed by atoms with van der Waals surface area (Å²) in [6.45, 7) is 1.29. The highest BCUT2D eigenvalue weighted by Crippen LogP contribution is 2.36. The third-order valence-corrected chi connectivity index (χ3v) is 6.20. The van der Waals surface area contributed by atoms with Gasteiger partial charge >= 0.3 is 0 Å². The fourth-order valence-electron chi connectivity index (χ4n) is 4.40. The number of hydrogen-bond acceptors (Lipinski definition) is 6. The van der Waals surface area contributed by atoms with Crippen molar-refractivity contribution in [3.05, 3.63) is 59.8 Å². The smallest absolute Gasteiger partial charge is 0.223 e. The molecule has 1 aliphatic carbocycles. The molecule has 0 amide bonds. The van der Waals surface area contributed by atoms with Gasteiger partial charge in [-0.15, -0.1) is 0 Å². The fourth-order valence-corrected chi connectivity index (χ4v) is 4.59. The van der Waals surface area contributed by atoms with Gasteiger partial charge in [0.2, 0.25) is 5.95 Å². The van der Waals surface area contributed by atoms with E-state index in [0.717, 1.165) is 46.7 Å². The molecule has 0 aliphatic heterocycles. The lowest BCUT2D eigenvalue weighted by atomic mass is 10.0. The molecule has 1 fully saturated rings. The molecule has 1 aliphatic rings. The zero-order valence-corrected chi connectivity index (χ0v) is 19.3. The highest BCUT2D eigenvalue weighted by atomic mass is 35.5. The maximum atomic E-state index is 6.33. The minimum atomic E-state index is 0.438. The minimum Gasteiger partial charge on any atom is -0.383 e. The van der Waals surface area contributed by atoms with Crippen molar-refractivity contribution in [2.45, 2.75) is 31.7 Å². The van der Waals surface area contributed by atoms with Crippen LogP contribution in [0.2, 0.25) is 5.02 Å². The van der Waals surface area contributed by atoms with Gasteiger partial charge in [0.05, 0.1) is 23.4 Å². The molecule has 1 aromatic carbocycles. The molecular formula is C25H27ClN6O. The molecule has 0 radical (unpaired) electrons. The molecule has 1 saturated carbocycles. The van der Waals surface area contributed by atoms with Crippen molar-refractivity contribution < 1.29 is 4.74 Å². The first-order chi connectivity index (χ1) is 16.2. The van der Waals surface area contributed by atoms with E-state index in [1.807, 2.05) is 53.2 Å². The summed E-state index contributed by atoms with van der Waals surface area (Å²) in [5.41, 5.74) is 4.49. The molecule has 8 heteroatoms. The number of aromatic nitrogens is 4. The summed E-state index contributed by atoms with van der Waals surface area (Å²) in [5, 5.41) is 12.6. The Kier molecular flexibility index (Phi) is 6.41. The Morgan fingerprint density at radius 2 is 1.97 bits per heavy atom. The van der Waals surface area contributed by atoms with Gasteiger partial charge in [-0.3, -0.25) is 0 Å². The van der Waals surface area contributed by atoms with Gasteiger partial charge in [0.25, 0.3) is 0 Å². The molecule has 0 bridgehead atoms. The molecular weight excluding hydrogens is 436 g/mol. The normalized spacial score (nSPS) is 14.1. The molecule has 5 rings (SSSR count). The number of nitrogens with zero attached hydrogens (tertiary/aromatic N) is 4. The van der Waals surface area contributed by atoms with E-state index in [2.05, 4.69) is 21.7 Å². The molecule has 0 atom stereocenters. The third kappa shape index (κ3) is 4.65. The Hall–Kier alpha value is -3.16. The quantitative estimate of drug-likeness (QED) is 0.335. The summed E-state index contributed by atoms with van der Waals surface area (Å²) < 4.78 is 7.12. The van der Waals surface area contributed by atoms with Crippen LogP contribution in [0.25, 0.3) is 28.0 Å². The molecule has 2 N–H and O–H groups in total. The largest absolute Gasteiger partial charge is 0.383 e. The zero-order chi connectivity index (χ0) is 22.6. The number of ether oxygens (including phenoxy) is 1. The first kappa shape index (κ1) is 21.7. The third-order valence-electron chi connectivity index (χ3n) is 5.97. The van der Waals surface area contributed by atoms with E-state index in [1.165, 1.54) is 12.8 Å². The van der Waals surface area contributed by atoms with Gasteiger partial charge in [0, 0.05) is 36.5 Å². The lowest BCUT2D eigenvalue weighted by molar-refractivity contribution is 0.210. The van der Waals surface area contributed by atoms with E-state index in [-0.39, 0.29) is 0 Å². The highest BCUT2D eigenvalue weighted by Gasteiger charge is 2.21. The molecule has 33 heavy (non-hydrogen) atoms. The summed E-state index contributed by atoms with van der Waals surface area (Å²) in [5.74, 6) is 1.54. The second-order valence-electron chi connectivity index (χ2n) is 8.25. The number of benzene rings is 1. The molecule has 0 saturated heterocycles. The van der Waals surface area contributed by atoms with Crippen LogP contribution in [0, 0.1) is 0 Å². The number of hydrogen-bond donors (Lipinski definition) is 2. The van der Waals surface area contributed by atoms with Crippen LogP contribution in [0.5, 0.6) is 0 Å². The number of methoxy groups -OCH3 is 1. The van der Waals surface area contributed by atoms with E-state index in [9.17, 15) is 0 Å². The van der Waals surface area contributed by atoms with Crippen LogP contribution >= 0.6 is 11.6 Å². The first-order valence-corrected chi connectivity index (χ1v) is 11.7. The van der Waals surface area contributed by atoms with Gasteiger partial charge < -0.3 is 15.4 Å². The molecule has 0 unspecified atom stereocenters. The Morgan fingerprint density at radius 1 is 1.12 bits per heavy atom. The van der Waals surface area contributed by atoms with Gasteiger partial charge in [0.15, 0.2) is 0 Å². The van der Waals surface area contributed by atoms with E-state index in [0.29, 0.717) is 30.2 Å². The first-order valence-electron chi connectivity index (χ1n) is 11.3. The predicted octanol–water partition coefficient (Wildman–Crippen LogP) is 5.52. The van der Waals surface area contributed by atoms with Gasteiger partial charge in [-0.2, -0.15) is 5.10 Å². The van der Waals surface area contributed by atoms with Crippen LogP contribution in [0.4, 0.5) is 11.8 Å². The van der Waals surface area contributed by atoms with Crippen molar-refractivity contribution in [2.75, 3.05) is 30.9 Å². The van der Waals surface area contributed by atoms with Gasteiger partial charge in [-0.25, -0.2) is 14.5 Å². The highest BCUT2D eigenvalue weighted by molar-refractivity contribution is 6.30. The predicted molar refractivity (Wildman–Crippen MR) is 133 cm³/mol. The lowest BCUT2D eigenvalue weighted by Crippen LogP contribution is -2.16. The lowest BCUT2D eigenvalue weighted by Gasteiger charge is -2.12. The van der Waals surface area contributed by atoms with Crippen LogP contribution < -0.4 is 10.6 Å². The summed E-state index contributed by atoms with van der Waals surface area (Å²) >= 11 is 6.33. The van der Waals surface area contributed by atoms with Crippen molar-refractivity contribution in [2.24, 2.45) is 0 Å². The van der Waals surface area contributed by atoms with Crippen LogP contribution in [-0.4, -0.2) is 45.9 Å². The SMILES string of the molecule is COCCNc1cccc2c(-c3ccnc(NC4CCCC4)n3)c(-c3cccc(Cl)c3)nn12. The van der Waals surface area contributed by atoms with Crippen LogP contribution in [0.1, 0.15) is 25.7 Å². The Morgan fingerprint density at radius 3 is 2.79 bits per heavy atom. The number of nitrogens with one attached hydrogen (secondary N) is 2. The van der Waals surface area contributed by atoms with Crippen LogP contribution in [0.15, 0.2) is 54.7 Å². The average Bonchev–Trinajstić information content (AvgIpc) is 3.47. The summed E-state index contributed by atoms with van der Waals surface area (Å²) in [4.78, 5) is 9.37. The molecule has 3 aromatic heterocycles. The fraction of sp³-hybridized carbons (Fsp3) is 0.320. The maximum absolute atomic E-state index is 6.33. The molecule has 0 spiro atoms. The van der Waals surface area contributed by atoms with Crippen LogP contribution in [0.3, 0.4) is 0 Å². The molecule has 170 valence electrons. The monoisotopic (exact) mass is 462 g/mol. The number of halogens is 1. The van der Waals surface area contributed by atoms with E-state index < -0.39 is 0 Å². The molecule has 4 aromatic rings. The molecule has 7 nitrogen and oxygen atoms in total. The van der Waals surface area contributed by atoms with Crippen molar-refractivity contribution >= 4 is 28.9 Å². The van der Waals surface area contributed by atoms with Crippen molar-refractivity contribution in [1.82, 2.24) is 19.6 Å². The maximum Gasteiger partial charge on any atom is 0.223 e. The Balaban J connectivity index is 1.63. The molecule has 3 heterocycles. The number of anilines is 2. The zero-order valence-electron chi connectivity index (χ0n) is 18.6. The van der Waals surface area contributed by atoms with Gasteiger partial charge in [0.1, 0.15) is 11.5 Å². The Labute approximate surface area is 198 Å². The summed E-state index contributed by atoms with van der Waals surface area (Å²) in [7, 11) is 1.69. The van der Waals surface area contributed by atoms with Crippen LogP contribution in [-0.2, 0) is 4.74 Å². The number of pyridine rings is 1.